The molecule has 0 aliphatic carbocycles. The lowest BCUT2D eigenvalue weighted by Gasteiger charge is -2.11. The summed E-state index contributed by atoms with van der Waals surface area (Å²) in [5.41, 5.74) is 0.907. The molecule has 2 aromatic rings. The zero-order valence-corrected chi connectivity index (χ0v) is 13.9. The van der Waals surface area contributed by atoms with Crippen LogP contribution in [0.25, 0.3) is 0 Å². The van der Waals surface area contributed by atoms with Crippen molar-refractivity contribution in [1.82, 2.24) is 10.2 Å². The van der Waals surface area contributed by atoms with E-state index in [1.54, 1.807) is 18.2 Å². The molecule has 0 saturated heterocycles. The van der Waals surface area contributed by atoms with Crippen molar-refractivity contribution < 1.29 is 18.3 Å². The highest BCUT2D eigenvalue weighted by Gasteiger charge is 2.12. The third-order valence-corrected chi connectivity index (χ3v) is 4.70. The molecular formula is C14H15F2N3O2S2. The van der Waals surface area contributed by atoms with Gasteiger partial charge in [0.2, 0.25) is 5.13 Å². The average Bonchev–Trinajstić information content (AvgIpc) is 2.99. The summed E-state index contributed by atoms with van der Waals surface area (Å²) in [5, 5.41) is 11.9. The van der Waals surface area contributed by atoms with Gasteiger partial charge in [0.15, 0.2) is 15.8 Å². The Kier molecular flexibility index (Phi) is 6.60. The molecule has 5 nitrogen and oxygen atoms in total. The number of methoxy groups -OCH3 is 1. The molecule has 1 aromatic heterocycles. The predicted octanol–water partition coefficient (Wildman–Crippen LogP) is 4.04. The van der Waals surface area contributed by atoms with Crippen LogP contribution in [0.5, 0.6) is 11.5 Å². The van der Waals surface area contributed by atoms with Gasteiger partial charge in [-0.25, -0.2) is 0 Å². The fourth-order valence-electron chi connectivity index (χ4n) is 1.64. The Morgan fingerprint density at radius 2 is 2.22 bits per heavy atom. The molecule has 23 heavy (non-hydrogen) atoms. The Labute approximate surface area is 140 Å². The molecule has 1 heterocycles. The summed E-state index contributed by atoms with van der Waals surface area (Å²) in [6.45, 7) is 1.36. The van der Waals surface area contributed by atoms with E-state index in [0.29, 0.717) is 12.3 Å². The number of benzene rings is 1. The highest BCUT2D eigenvalue weighted by Crippen LogP contribution is 2.33. The summed E-state index contributed by atoms with van der Waals surface area (Å²) in [5.74, 6) is 0.901. The van der Waals surface area contributed by atoms with Crippen LogP contribution in [0.1, 0.15) is 5.56 Å². The van der Waals surface area contributed by atoms with E-state index in [4.69, 9.17) is 4.74 Å². The molecular weight excluding hydrogens is 344 g/mol. The van der Waals surface area contributed by atoms with Crippen LogP contribution in [0.2, 0.25) is 0 Å². The highest BCUT2D eigenvalue weighted by atomic mass is 32.2. The fourth-order valence-corrected chi connectivity index (χ4v) is 3.34. The maximum absolute atomic E-state index is 12.3. The van der Waals surface area contributed by atoms with Crippen molar-refractivity contribution in [2.45, 2.75) is 16.7 Å². The average molecular weight is 359 g/mol. The molecule has 0 saturated carbocycles. The van der Waals surface area contributed by atoms with Gasteiger partial charge in [-0.3, -0.25) is 0 Å². The smallest absolute Gasteiger partial charge is 0.387 e. The molecule has 0 spiro atoms. The maximum atomic E-state index is 12.3. The van der Waals surface area contributed by atoms with Gasteiger partial charge in [-0.05, 0) is 17.7 Å². The summed E-state index contributed by atoms with van der Waals surface area (Å²) in [4.78, 5) is 0. The number of alkyl halides is 2. The zero-order chi connectivity index (χ0) is 16.7. The first-order chi connectivity index (χ1) is 11.1. The van der Waals surface area contributed by atoms with Crippen molar-refractivity contribution in [3.8, 4) is 11.5 Å². The van der Waals surface area contributed by atoms with E-state index in [-0.39, 0.29) is 11.5 Å². The molecule has 124 valence electrons. The molecule has 0 bridgehead atoms. The second-order valence-corrected chi connectivity index (χ2v) is 6.40. The molecule has 1 aromatic carbocycles. The molecule has 1 N–H and O–H groups in total. The van der Waals surface area contributed by atoms with Crippen LogP contribution in [-0.2, 0) is 5.75 Å². The third kappa shape index (κ3) is 5.36. The van der Waals surface area contributed by atoms with Crippen LogP contribution in [0, 0.1) is 0 Å². The lowest BCUT2D eigenvalue weighted by atomic mass is 10.2. The van der Waals surface area contributed by atoms with Crippen LogP contribution >= 0.6 is 23.1 Å². The second kappa shape index (κ2) is 8.68. The molecule has 0 aliphatic rings. The molecule has 0 radical (unpaired) electrons. The minimum Gasteiger partial charge on any atom is -0.493 e. The third-order valence-electron chi connectivity index (χ3n) is 2.61. The number of nitrogens with one attached hydrogen (secondary N) is 1. The first-order valence-electron chi connectivity index (χ1n) is 6.55. The number of thioether (sulfide) groups is 1. The van der Waals surface area contributed by atoms with Crippen LogP contribution in [0.15, 0.2) is 35.2 Å². The fraction of sp³-hybridized carbons (Fsp3) is 0.286. The quantitative estimate of drug-likeness (QED) is 0.539. The molecule has 0 fully saturated rings. The Balaban J connectivity index is 1.97. The first kappa shape index (κ1) is 17.5. The summed E-state index contributed by atoms with van der Waals surface area (Å²) in [6.07, 6.45) is 1.74. The van der Waals surface area contributed by atoms with E-state index in [1.807, 2.05) is 0 Å². The summed E-state index contributed by atoms with van der Waals surface area (Å²) >= 11 is 2.94. The standard InChI is InChI=1S/C14H15F2N3O2S2/c1-3-6-17-13-18-19-14(23-13)22-8-9-4-5-10(21-12(15)16)11(7-9)20-2/h3-5,7,12H,1,6,8H2,2H3,(H,17,18). The lowest BCUT2D eigenvalue weighted by molar-refractivity contribution is -0.0512. The molecule has 0 aliphatic heterocycles. The maximum Gasteiger partial charge on any atom is 0.387 e. The van der Waals surface area contributed by atoms with Crippen LogP contribution in [0.4, 0.5) is 13.9 Å². The van der Waals surface area contributed by atoms with E-state index >= 15 is 0 Å². The Bertz CT molecular complexity index is 653. The van der Waals surface area contributed by atoms with Gasteiger partial charge >= 0.3 is 6.61 Å². The van der Waals surface area contributed by atoms with Crippen LogP contribution in [0.3, 0.4) is 0 Å². The highest BCUT2D eigenvalue weighted by molar-refractivity contribution is 8.00. The van der Waals surface area contributed by atoms with Gasteiger partial charge in [-0.2, -0.15) is 8.78 Å². The van der Waals surface area contributed by atoms with E-state index in [1.165, 1.54) is 36.3 Å². The van der Waals surface area contributed by atoms with Crippen molar-refractivity contribution in [3.05, 3.63) is 36.4 Å². The van der Waals surface area contributed by atoms with E-state index in [2.05, 4.69) is 26.8 Å². The SMILES string of the molecule is C=CCNc1nnc(SCc2ccc(OC(F)F)c(OC)c2)s1. The number of anilines is 1. The van der Waals surface area contributed by atoms with Crippen molar-refractivity contribution >= 4 is 28.2 Å². The van der Waals surface area contributed by atoms with Crippen molar-refractivity contribution in [3.63, 3.8) is 0 Å². The van der Waals surface area contributed by atoms with Gasteiger partial charge in [0, 0.05) is 12.3 Å². The largest absolute Gasteiger partial charge is 0.493 e. The second-order valence-electron chi connectivity index (χ2n) is 4.20. The van der Waals surface area contributed by atoms with Gasteiger partial charge in [-0.15, -0.1) is 16.8 Å². The molecule has 2 rings (SSSR count). The Morgan fingerprint density at radius 1 is 1.39 bits per heavy atom. The normalized spacial score (nSPS) is 10.6. The van der Waals surface area contributed by atoms with E-state index < -0.39 is 6.61 Å². The van der Waals surface area contributed by atoms with Crippen molar-refractivity contribution in [2.24, 2.45) is 0 Å². The molecule has 0 amide bonds. The summed E-state index contributed by atoms with van der Waals surface area (Å²) in [7, 11) is 1.41. The van der Waals surface area contributed by atoms with Crippen LogP contribution in [-0.4, -0.2) is 30.5 Å². The number of ether oxygens (including phenoxy) is 2. The van der Waals surface area contributed by atoms with Gasteiger partial charge in [0.05, 0.1) is 7.11 Å². The Morgan fingerprint density at radius 3 is 2.91 bits per heavy atom. The van der Waals surface area contributed by atoms with E-state index in [0.717, 1.165) is 15.0 Å². The number of hydrogen-bond acceptors (Lipinski definition) is 7. The summed E-state index contributed by atoms with van der Waals surface area (Å²) < 4.78 is 34.9. The molecule has 0 unspecified atom stereocenters. The number of rotatable bonds is 9. The minimum absolute atomic E-state index is 0.0167. The van der Waals surface area contributed by atoms with E-state index in [9.17, 15) is 8.78 Å². The molecule has 9 heteroatoms. The number of halogens is 2. The van der Waals surface area contributed by atoms with Gasteiger partial charge in [-0.1, -0.05) is 35.2 Å². The predicted molar refractivity (Wildman–Crippen MR) is 87.8 cm³/mol. The van der Waals surface area contributed by atoms with Crippen LogP contribution < -0.4 is 14.8 Å². The Hall–Kier alpha value is -1.87. The van der Waals surface area contributed by atoms with Crippen molar-refractivity contribution in [2.75, 3.05) is 19.0 Å². The zero-order valence-electron chi connectivity index (χ0n) is 12.3. The first-order valence-corrected chi connectivity index (χ1v) is 8.35. The summed E-state index contributed by atoms with van der Waals surface area (Å²) in [6, 6.07) is 4.85. The molecule has 0 atom stereocenters. The number of aromatic nitrogens is 2. The monoisotopic (exact) mass is 359 g/mol. The lowest BCUT2D eigenvalue weighted by Crippen LogP contribution is -2.03. The van der Waals surface area contributed by atoms with Gasteiger partial charge < -0.3 is 14.8 Å². The van der Waals surface area contributed by atoms with Gasteiger partial charge in [0.1, 0.15) is 0 Å². The topological polar surface area (TPSA) is 56.3 Å². The number of hydrogen-bond donors (Lipinski definition) is 1. The minimum atomic E-state index is -2.88. The number of nitrogens with zero attached hydrogens (tertiary/aromatic N) is 2. The van der Waals surface area contributed by atoms with Crippen molar-refractivity contribution in [1.29, 1.82) is 0 Å². The van der Waals surface area contributed by atoms with Gasteiger partial charge in [0.25, 0.3) is 0 Å².